The quantitative estimate of drug-likeness (QED) is 0.342. The van der Waals surface area contributed by atoms with Gasteiger partial charge in [0, 0.05) is 19.3 Å². The fourth-order valence-electron chi connectivity index (χ4n) is 1.67. The maximum atomic E-state index is 8.76. The summed E-state index contributed by atoms with van der Waals surface area (Å²) in [5, 5.41) is 11.8. The minimum absolute atomic E-state index is 0.100. The highest BCUT2D eigenvalue weighted by Crippen LogP contribution is 2.17. The first-order valence-corrected chi connectivity index (χ1v) is 5.92. The van der Waals surface area contributed by atoms with Crippen molar-refractivity contribution in [2.45, 2.75) is 26.7 Å². The lowest BCUT2D eigenvalue weighted by Crippen LogP contribution is -2.28. The molecule has 5 heteroatoms. The summed E-state index contributed by atoms with van der Waals surface area (Å²) in [4.78, 5) is 6.46. The van der Waals surface area contributed by atoms with Gasteiger partial charge in [0.2, 0.25) is 0 Å². The number of hydrogen-bond acceptors (Lipinski definition) is 4. The summed E-state index contributed by atoms with van der Waals surface area (Å²) in [6.45, 7) is 6.00. The second-order valence-electron chi connectivity index (χ2n) is 3.79. The second-order valence-corrected chi connectivity index (χ2v) is 3.79. The molecule has 17 heavy (non-hydrogen) atoms. The number of amidine groups is 1. The molecule has 1 aromatic rings. The van der Waals surface area contributed by atoms with E-state index in [9.17, 15) is 0 Å². The third kappa shape index (κ3) is 3.34. The fraction of sp³-hybridized carbons (Fsp3) is 0.500. The van der Waals surface area contributed by atoms with Crippen LogP contribution in [0.5, 0.6) is 0 Å². The zero-order chi connectivity index (χ0) is 12.7. The van der Waals surface area contributed by atoms with E-state index in [1.165, 1.54) is 0 Å². The highest BCUT2D eigenvalue weighted by atomic mass is 16.4. The van der Waals surface area contributed by atoms with Crippen LogP contribution in [-0.4, -0.2) is 29.1 Å². The Morgan fingerprint density at radius 1 is 1.53 bits per heavy atom. The molecule has 0 radical (unpaired) electrons. The SMILES string of the molecule is CCCCN(CC)c1ncccc1C(N)=NO. The van der Waals surface area contributed by atoms with E-state index in [1.54, 1.807) is 12.3 Å². The number of hydrogen-bond donors (Lipinski definition) is 2. The van der Waals surface area contributed by atoms with Crippen LogP contribution in [0.1, 0.15) is 32.3 Å². The number of anilines is 1. The molecule has 0 amide bonds. The van der Waals surface area contributed by atoms with Crippen molar-refractivity contribution >= 4 is 11.7 Å². The van der Waals surface area contributed by atoms with Crippen molar-refractivity contribution in [2.24, 2.45) is 10.9 Å². The fourth-order valence-corrected chi connectivity index (χ4v) is 1.67. The minimum atomic E-state index is 0.100. The molecule has 1 aromatic heterocycles. The smallest absolute Gasteiger partial charge is 0.173 e. The maximum absolute atomic E-state index is 8.76. The van der Waals surface area contributed by atoms with Crippen LogP contribution < -0.4 is 10.6 Å². The van der Waals surface area contributed by atoms with Gasteiger partial charge in [0.05, 0.1) is 5.56 Å². The summed E-state index contributed by atoms with van der Waals surface area (Å²) >= 11 is 0. The average molecular weight is 236 g/mol. The molecule has 0 saturated heterocycles. The Hall–Kier alpha value is -1.78. The standard InChI is InChI=1S/C12H20N4O/c1-3-5-9-16(4-2)12-10(11(13)15-17)7-6-8-14-12/h6-8,17H,3-5,9H2,1-2H3,(H2,13,15). The number of nitrogens with zero attached hydrogens (tertiary/aromatic N) is 3. The maximum Gasteiger partial charge on any atom is 0.173 e. The van der Waals surface area contributed by atoms with Crippen LogP contribution in [0.2, 0.25) is 0 Å². The van der Waals surface area contributed by atoms with Crippen molar-refractivity contribution < 1.29 is 5.21 Å². The van der Waals surface area contributed by atoms with Crippen molar-refractivity contribution in [1.82, 2.24) is 4.98 Å². The molecule has 0 bridgehead atoms. The van der Waals surface area contributed by atoms with Crippen LogP contribution in [0.15, 0.2) is 23.5 Å². The molecule has 94 valence electrons. The molecule has 0 spiro atoms. The lowest BCUT2D eigenvalue weighted by molar-refractivity contribution is 0.318. The van der Waals surface area contributed by atoms with Crippen LogP contribution in [-0.2, 0) is 0 Å². The number of unbranched alkanes of at least 4 members (excludes halogenated alkanes) is 1. The molecular formula is C12H20N4O. The first-order valence-electron chi connectivity index (χ1n) is 5.92. The van der Waals surface area contributed by atoms with Gasteiger partial charge in [-0.05, 0) is 25.5 Å². The summed E-state index contributed by atoms with van der Waals surface area (Å²) < 4.78 is 0. The lowest BCUT2D eigenvalue weighted by Gasteiger charge is -2.23. The van der Waals surface area contributed by atoms with Crippen molar-refractivity contribution in [3.8, 4) is 0 Å². The van der Waals surface area contributed by atoms with Gasteiger partial charge in [-0.2, -0.15) is 0 Å². The van der Waals surface area contributed by atoms with E-state index < -0.39 is 0 Å². The molecule has 1 heterocycles. The molecule has 0 aliphatic carbocycles. The van der Waals surface area contributed by atoms with Crippen LogP contribution in [0, 0.1) is 0 Å². The van der Waals surface area contributed by atoms with Gasteiger partial charge in [-0.15, -0.1) is 0 Å². The van der Waals surface area contributed by atoms with Crippen molar-refractivity contribution in [2.75, 3.05) is 18.0 Å². The van der Waals surface area contributed by atoms with Crippen molar-refractivity contribution in [1.29, 1.82) is 0 Å². The molecule has 0 aromatic carbocycles. The third-order valence-corrected chi connectivity index (χ3v) is 2.63. The summed E-state index contributed by atoms with van der Waals surface area (Å²) in [6.07, 6.45) is 3.94. The van der Waals surface area contributed by atoms with E-state index in [4.69, 9.17) is 10.9 Å². The largest absolute Gasteiger partial charge is 0.409 e. The van der Waals surface area contributed by atoms with Gasteiger partial charge in [-0.25, -0.2) is 4.98 Å². The lowest BCUT2D eigenvalue weighted by atomic mass is 10.2. The molecule has 0 aliphatic heterocycles. The molecule has 0 saturated carbocycles. The van der Waals surface area contributed by atoms with E-state index in [1.807, 2.05) is 6.07 Å². The number of rotatable bonds is 6. The molecule has 0 unspecified atom stereocenters. The molecule has 0 aliphatic rings. The monoisotopic (exact) mass is 236 g/mol. The van der Waals surface area contributed by atoms with Gasteiger partial charge in [0.15, 0.2) is 5.84 Å². The summed E-state index contributed by atoms with van der Waals surface area (Å²) in [6, 6.07) is 3.59. The summed E-state index contributed by atoms with van der Waals surface area (Å²) in [5.41, 5.74) is 6.32. The van der Waals surface area contributed by atoms with Crippen LogP contribution in [0.3, 0.4) is 0 Å². The van der Waals surface area contributed by atoms with E-state index in [2.05, 4.69) is 28.9 Å². The topological polar surface area (TPSA) is 74.7 Å². The zero-order valence-electron chi connectivity index (χ0n) is 10.4. The molecule has 3 N–H and O–H groups in total. The van der Waals surface area contributed by atoms with E-state index in [0.29, 0.717) is 5.56 Å². The Kier molecular flexibility index (Phi) is 5.26. The number of oxime groups is 1. The van der Waals surface area contributed by atoms with E-state index >= 15 is 0 Å². The zero-order valence-corrected chi connectivity index (χ0v) is 10.4. The highest BCUT2D eigenvalue weighted by Gasteiger charge is 2.13. The third-order valence-electron chi connectivity index (χ3n) is 2.63. The van der Waals surface area contributed by atoms with Gasteiger partial charge < -0.3 is 15.8 Å². The minimum Gasteiger partial charge on any atom is -0.409 e. The number of aromatic nitrogens is 1. The Morgan fingerprint density at radius 3 is 2.88 bits per heavy atom. The van der Waals surface area contributed by atoms with Crippen LogP contribution in [0.25, 0.3) is 0 Å². The number of pyridine rings is 1. The summed E-state index contributed by atoms with van der Waals surface area (Å²) in [5.74, 6) is 0.877. The first kappa shape index (κ1) is 13.3. The molecular weight excluding hydrogens is 216 g/mol. The molecule has 0 fully saturated rings. The Bertz CT molecular complexity index is 379. The van der Waals surface area contributed by atoms with Crippen LogP contribution >= 0.6 is 0 Å². The van der Waals surface area contributed by atoms with E-state index in [-0.39, 0.29) is 5.84 Å². The average Bonchev–Trinajstić information content (AvgIpc) is 2.39. The second kappa shape index (κ2) is 6.73. The summed E-state index contributed by atoms with van der Waals surface area (Å²) in [7, 11) is 0. The predicted octanol–water partition coefficient (Wildman–Crippen LogP) is 1.80. The van der Waals surface area contributed by atoms with Gasteiger partial charge in [0.1, 0.15) is 5.82 Å². The van der Waals surface area contributed by atoms with Crippen molar-refractivity contribution in [3.63, 3.8) is 0 Å². The molecule has 0 atom stereocenters. The molecule has 1 rings (SSSR count). The van der Waals surface area contributed by atoms with Gasteiger partial charge in [-0.3, -0.25) is 0 Å². The normalized spacial score (nSPS) is 11.5. The van der Waals surface area contributed by atoms with Gasteiger partial charge >= 0.3 is 0 Å². The van der Waals surface area contributed by atoms with Crippen LogP contribution in [0.4, 0.5) is 5.82 Å². The Labute approximate surface area is 102 Å². The first-order chi connectivity index (χ1) is 8.24. The Morgan fingerprint density at radius 2 is 2.29 bits per heavy atom. The number of nitrogens with two attached hydrogens (primary N) is 1. The van der Waals surface area contributed by atoms with Gasteiger partial charge in [-0.1, -0.05) is 18.5 Å². The highest BCUT2D eigenvalue weighted by molar-refractivity contribution is 6.01. The Balaban J connectivity index is 3.01. The van der Waals surface area contributed by atoms with Gasteiger partial charge in [0.25, 0.3) is 0 Å². The van der Waals surface area contributed by atoms with E-state index in [0.717, 1.165) is 31.7 Å². The van der Waals surface area contributed by atoms with Crippen molar-refractivity contribution in [3.05, 3.63) is 23.9 Å². The predicted molar refractivity (Wildman–Crippen MR) is 69.5 cm³/mol. The molecule has 5 nitrogen and oxygen atoms in total.